The van der Waals surface area contributed by atoms with E-state index in [1.165, 1.54) is 32.1 Å². The lowest BCUT2D eigenvalue weighted by atomic mass is 9.82. The summed E-state index contributed by atoms with van der Waals surface area (Å²) < 4.78 is 0. The summed E-state index contributed by atoms with van der Waals surface area (Å²) in [7, 11) is 0. The first kappa shape index (κ1) is 15.3. The van der Waals surface area contributed by atoms with Crippen LogP contribution in [0, 0.1) is 11.8 Å². The molecular formula is C16H28N2O2. The van der Waals surface area contributed by atoms with Gasteiger partial charge in [0.2, 0.25) is 11.8 Å². The van der Waals surface area contributed by atoms with Crippen LogP contribution < -0.4 is 5.32 Å². The van der Waals surface area contributed by atoms with Gasteiger partial charge >= 0.3 is 0 Å². The topological polar surface area (TPSA) is 49.4 Å². The number of nitrogens with one attached hydrogen (secondary N) is 1. The Labute approximate surface area is 122 Å². The number of carbonyl (C=O) groups excluding carboxylic acids is 2. The van der Waals surface area contributed by atoms with Crippen molar-refractivity contribution >= 4 is 11.8 Å². The van der Waals surface area contributed by atoms with E-state index >= 15 is 0 Å². The molecule has 0 spiro atoms. The molecule has 3 atom stereocenters. The monoisotopic (exact) mass is 280 g/mol. The van der Waals surface area contributed by atoms with Crippen LogP contribution in [0.25, 0.3) is 0 Å². The van der Waals surface area contributed by atoms with Crippen LogP contribution in [0.1, 0.15) is 59.8 Å². The number of hydrogen-bond donors (Lipinski definition) is 1. The predicted molar refractivity (Wildman–Crippen MR) is 79.1 cm³/mol. The summed E-state index contributed by atoms with van der Waals surface area (Å²) in [6, 6.07) is -0.525. The van der Waals surface area contributed by atoms with Crippen molar-refractivity contribution in [2.75, 3.05) is 0 Å². The molecule has 2 aliphatic rings. The van der Waals surface area contributed by atoms with Crippen molar-refractivity contribution < 1.29 is 9.59 Å². The summed E-state index contributed by atoms with van der Waals surface area (Å²) in [5, 5.41) is 2.82. The minimum atomic E-state index is -0.386. The third-order valence-corrected chi connectivity index (χ3v) is 4.95. The molecule has 0 aromatic carbocycles. The molecule has 20 heavy (non-hydrogen) atoms. The van der Waals surface area contributed by atoms with Gasteiger partial charge in [-0.2, -0.15) is 0 Å². The van der Waals surface area contributed by atoms with Gasteiger partial charge in [-0.3, -0.25) is 9.59 Å². The number of rotatable bonds is 3. The van der Waals surface area contributed by atoms with Gasteiger partial charge in [0.05, 0.1) is 0 Å². The first-order chi connectivity index (χ1) is 9.43. The number of carbonyl (C=O) groups is 2. The van der Waals surface area contributed by atoms with Gasteiger partial charge in [-0.15, -0.1) is 0 Å². The smallest absolute Gasteiger partial charge is 0.245 e. The Morgan fingerprint density at radius 1 is 1.10 bits per heavy atom. The predicted octanol–water partition coefficient (Wildman–Crippen LogP) is 2.33. The summed E-state index contributed by atoms with van der Waals surface area (Å²) in [4.78, 5) is 26.8. The molecule has 1 saturated carbocycles. The lowest BCUT2D eigenvalue weighted by Crippen LogP contribution is -2.67. The molecule has 114 valence electrons. The normalized spacial score (nSPS) is 30.6. The number of hydrogen-bond acceptors (Lipinski definition) is 2. The minimum Gasteiger partial charge on any atom is -0.343 e. The van der Waals surface area contributed by atoms with Gasteiger partial charge in [0.15, 0.2) is 0 Å². The molecule has 1 N–H and O–H groups in total. The van der Waals surface area contributed by atoms with Gasteiger partial charge in [-0.1, -0.05) is 33.1 Å². The zero-order valence-electron chi connectivity index (χ0n) is 13.2. The fourth-order valence-corrected chi connectivity index (χ4v) is 3.77. The molecule has 1 aliphatic carbocycles. The maximum atomic E-state index is 12.6. The van der Waals surface area contributed by atoms with E-state index in [0.29, 0.717) is 5.92 Å². The van der Waals surface area contributed by atoms with E-state index in [2.05, 4.69) is 12.2 Å². The molecule has 0 radical (unpaired) electrons. The van der Waals surface area contributed by atoms with E-state index in [-0.39, 0.29) is 35.9 Å². The standard InChI is InChI=1S/C16H28N2O2/c1-10(2)14-15(19)17-11(3)16(20)18(14)12(4)13-8-6-5-7-9-13/h10-14H,5-9H2,1-4H3,(H,17,19). The van der Waals surface area contributed by atoms with Gasteiger partial charge in [0.25, 0.3) is 0 Å². The molecule has 1 saturated heterocycles. The first-order valence-electron chi connectivity index (χ1n) is 8.06. The van der Waals surface area contributed by atoms with Crippen LogP contribution in [0.15, 0.2) is 0 Å². The Hall–Kier alpha value is -1.06. The number of piperazine rings is 1. The quantitative estimate of drug-likeness (QED) is 0.862. The molecule has 2 fully saturated rings. The molecule has 0 aromatic heterocycles. The van der Waals surface area contributed by atoms with E-state index in [9.17, 15) is 9.59 Å². The molecule has 0 bridgehead atoms. The highest BCUT2D eigenvalue weighted by atomic mass is 16.2. The summed E-state index contributed by atoms with van der Waals surface area (Å²) in [5.41, 5.74) is 0. The van der Waals surface area contributed by atoms with Crippen LogP contribution in [0.4, 0.5) is 0 Å². The largest absolute Gasteiger partial charge is 0.343 e. The fourth-order valence-electron chi connectivity index (χ4n) is 3.77. The average Bonchev–Trinajstić information content (AvgIpc) is 2.42. The van der Waals surface area contributed by atoms with Crippen LogP contribution in [-0.4, -0.2) is 34.8 Å². The van der Waals surface area contributed by atoms with E-state index in [4.69, 9.17) is 0 Å². The zero-order valence-corrected chi connectivity index (χ0v) is 13.2. The second-order valence-corrected chi connectivity index (χ2v) is 6.80. The van der Waals surface area contributed by atoms with Gasteiger partial charge in [0, 0.05) is 6.04 Å². The second-order valence-electron chi connectivity index (χ2n) is 6.80. The number of nitrogens with zero attached hydrogens (tertiary/aromatic N) is 1. The fraction of sp³-hybridized carbons (Fsp3) is 0.875. The SMILES string of the molecule is CC1NC(=O)C(C(C)C)N(C(C)C2CCCCC2)C1=O. The maximum Gasteiger partial charge on any atom is 0.245 e. The van der Waals surface area contributed by atoms with Gasteiger partial charge < -0.3 is 10.2 Å². The van der Waals surface area contributed by atoms with Crippen LogP contribution in [0.5, 0.6) is 0 Å². The summed E-state index contributed by atoms with van der Waals surface area (Å²) in [6.07, 6.45) is 6.19. The van der Waals surface area contributed by atoms with E-state index < -0.39 is 0 Å². The second kappa shape index (κ2) is 6.15. The molecule has 4 nitrogen and oxygen atoms in total. The molecule has 3 unspecified atom stereocenters. The summed E-state index contributed by atoms with van der Waals surface area (Å²) in [6.45, 7) is 7.97. The molecule has 1 heterocycles. The molecule has 0 aromatic rings. The molecule has 2 amide bonds. The molecular weight excluding hydrogens is 252 g/mol. The van der Waals surface area contributed by atoms with Crippen LogP contribution in [-0.2, 0) is 9.59 Å². The van der Waals surface area contributed by atoms with E-state index in [1.807, 2.05) is 18.7 Å². The Kier molecular flexibility index (Phi) is 4.71. The maximum absolute atomic E-state index is 12.6. The van der Waals surface area contributed by atoms with Crippen molar-refractivity contribution in [3.8, 4) is 0 Å². The first-order valence-corrected chi connectivity index (χ1v) is 8.06. The van der Waals surface area contributed by atoms with Crippen LogP contribution in [0.2, 0.25) is 0 Å². The summed E-state index contributed by atoms with van der Waals surface area (Å²) >= 11 is 0. The van der Waals surface area contributed by atoms with Crippen LogP contribution in [0.3, 0.4) is 0 Å². The summed E-state index contributed by atoms with van der Waals surface area (Å²) in [5.74, 6) is 0.792. The molecule has 4 heteroatoms. The van der Waals surface area contributed by atoms with Gasteiger partial charge in [-0.25, -0.2) is 0 Å². The van der Waals surface area contributed by atoms with Crippen molar-refractivity contribution in [2.45, 2.75) is 77.9 Å². The van der Waals surface area contributed by atoms with Crippen molar-refractivity contribution in [3.63, 3.8) is 0 Å². The Balaban J connectivity index is 2.22. The Bertz CT molecular complexity index is 375. The Morgan fingerprint density at radius 3 is 2.25 bits per heavy atom. The van der Waals surface area contributed by atoms with Crippen LogP contribution >= 0.6 is 0 Å². The highest BCUT2D eigenvalue weighted by Crippen LogP contribution is 2.32. The van der Waals surface area contributed by atoms with Gasteiger partial charge in [-0.05, 0) is 38.5 Å². The minimum absolute atomic E-state index is 0.00904. The van der Waals surface area contributed by atoms with Crippen molar-refractivity contribution in [1.29, 1.82) is 0 Å². The van der Waals surface area contributed by atoms with E-state index in [0.717, 1.165) is 0 Å². The third-order valence-electron chi connectivity index (χ3n) is 4.95. The van der Waals surface area contributed by atoms with Crippen molar-refractivity contribution in [1.82, 2.24) is 10.2 Å². The number of amides is 2. The lowest BCUT2D eigenvalue weighted by Gasteiger charge is -2.46. The third kappa shape index (κ3) is 2.84. The average molecular weight is 280 g/mol. The zero-order chi connectivity index (χ0) is 14.9. The van der Waals surface area contributed by atoms with Crippen molar-refractivity contribution in [2.24, 2.45) is 11.8 Å². The lowest BCUT2D eigenvalue weighted by molar-refractivity contribution is -0.155. The molecule has 1 aliphatic heterocycles. The van der Waals surface area contributed by atoms with Crippen molar-refractivity contribution in [3.05, 3.63) is 0 Å². The Morgan fingerprint density at radius 2 is 1.70 bits per heavy atom. The van der Waals surface area contributed by atoms with Gasteiger partial charge in [0.1, 0.15) is 12.1 Å². The molecule has 2 rings (SSSR count). The highest BCUT2D eigenvalue weighted by molar-refractivity contribution is 5.97. The highest BCUT2D eigenvalue weighted by Gasteiger charge is 2.44. The van der Waals surface area contributed by atoms with E-state index in [1.54, 1.807) is 6.92 Å².